The molecule has 0 aromatic rings. The molecule has 0 aromatic carbocycles. The zero-order valence-electron chi connectivity index (χ0n) is 11.4. The van der Waals surface area contributed by atoms with Crippen LogP contribution in [0.5, 0.6) is 0 Å². The van der Waals surface area contributed by atoms with E-state index in [9.17, 15) is 14.7 Å². The predicted molar refractivity (Wildman–Crippen MR) is 67.7 cm³/mol. The SMILES string of the molecule is CC1=CC23[C@@H](COC(=O)[C@]24CO4)C(C(=O)O)=C[C@H]3C1C. The van der Waals surface area contributed by atoms with Gasteiger partial charge in [-0.05, 0) is 18.8 Å². The second kappa shape index (κ2) is 3.34. The molecule has 5 heteroatoms. The summed E-state index contributed by atoms with van der Waals surface area (Å²) in [4.78, 5) is 23.7. The standard InChI is InChI=1S/C15H16O5/c1-7-4-14-10(8(7)2)3-9(12(16)17)11(14)5-19-13(18)15(14)6-20-15/h3-4,8,10-11H,5-6H2,1-2H3,(H,16,17)/t8?,10-,11-,14?,15+/m0/s1. The molecule has 2 aliphatic carbocycles. The van der Waals surface area contributed by atoms with Gasteiger partial charge in [-0.15, -0.1) is 0 Å². The Morgan fingerprint density at radius 3 is 2.80 bits per heavy atom. The average Bonchev–Trinajstić information content (AvgIpc) is 3.07. The highest BCUT2D eigenvalue weighted by molar-refractivity contribution is 5.92. The van der Waals surface area contributed by atoms with Gasteiger partial charge in [0.2, 0.25) is 0 Å². The molecule has 0 saturated carbocycles. The zero-order chi connectivity index (χ0) is 14.3. The number of carboxylic acids is 1. The topological polar surface area (TPSA) is 76.1 Å². The summed E-state index contributed by atoms with van der Waals surface area (Å²) in [7, 11) is 0. The van der Waals surface area contributed by atoms with Crippen molar-refractivity contribution in [2.75, 3.05) is 13.2 Å². The van der Waals surface area contributed by atoms with Crippen molar-refractivity contribution in [1.29, 1.82) is 0 Å². The maximum Gasteiger partial charge on any atom is 0.341 e. The van der Waals surface area contributed by atoms with Crippen LogP contribution in [0.3, 0.4) is 0 Å². The molecule has 5 nitrogen and oxygen atoms in total. The van der Waals surface area contributed by atoms with Gasteiger partial charge < -0.3 is 14.6 Å². The third kappa shape index (κ3) is 1.06. The number of cyclic esters (lactones) is 1. The highest BCUT2D eigenvalue weighted by atomic mass is 16.6. The fourth-order valence-electron chi connectivity index (χ4n) is 4.49. The number of hydrogen-bond acceptors (Lipinski definition) is 4. The van der Waals surface area contributed by atoms with Gasteiger partial charge in [-0.3, -0.25) is 0 Å². The minimum Gasteiger partial charge on any atom is -0.478 e. The molecule has 106 valence electrons. The van der Waals surface area contributed by atoms with Gasteiger partial charge in [0.05, 0.1) is 13.2 Å². The quantitative estimate of drug-likeness (QED) is 0.442. The van der Waals surface area contributed by atoms with E-state index in [4.69, 9.17) is 9.47 Å². The third-order valence-corrected chi connectivity index (χ3v) is 5.68. The van der Waals surface area contributed by atoms with Crippen LogP contribution in [-0.2, 0) is 19.1 Å². The molecule has 2 spiro atoms. The van der Waals surface area contributed by atoms with Crippen LogP contribution in [0.25, 0.3) is 0 Å². The first-order chi connectivity index (χ1) is 9.44. The summed E-state index contributed by atoms with van der Waals surface area (Å²) in [5.41, 5.74) is 0.0538. The first-order valence-electron chi connectivity index (χ1n) is 6.89. The summed E-state index contributed by atoms with van der Waals surface area (Å²) in [6.45, 7) is 4.59. The van der Waals surface area contributed by atoms with E-state index in [0.29, 0.717) is 12.2 Å². The third-order valence-electron chi connectivity index (χ3n) is 5.68. The zero-order valence-corrected chi connectivity index (χ0v) is 11.4. The number of carbonyl (C=O) groups is 2. The van der Waals surface area contributed by atoms with Crippen molar-refractivity contribution in [3.05, 3.63) is 23.3 Å². The highest BCUT2D eigenvalue weighted by Crippen LogP contribution is 2.68. The predicted octanol–water partition coefficient (Wildman–Crippen LogP) is 1.15. The van der Waals surface area contributed by atoms with Gasteiger partial charge in [-0.25, -0.2) is 9.59 Å². The van der Waals surface area contributed by atoms with Crippen LogP contribution in [0.4, 0.5) is 0 Å². The molecular formula is C15H16O5. The first-order valence-corrected chi connectivity index (χ1v) is 6.89. The summed E-state index contributed by atoms with van der Waals surface area (Å²) in [5, 5.41) is 9.44. The lowest BCUT2D eigenvalue weighted by Gasteiger charge is -2.43. The van der Waals surface area contributed by atoms with Crippen LogP contribution < -0.4 is 0 Å². The summed E-state index contributed by atoms with van der Waals surface area (Å²) in [6, 6.07) is 0. The van der Waals surface area contributed by atoms with E-state index < -0.39 is 17.0 Å². The molecule has 2 aliphatic heterocycles. The Morgan fingerprint density at radius 2 is 2.20 bits per heavy atom. The number of epoxide rings is 1. The molecule has 2 unspecified atom stereocenters. The van der Waals surface area contributed by atoms with E-state index in [2.05, 4.69) is 13.0 Å². The van der Waals surface area contributed by atoms with E-state index in [1.807, 2.05) is 13.0 Å². The van der Waals surface area contributed by atoms with Crippen molar-refractivity contribution in [3.63, 3.8) is 0 Å². The van der Waals surface area contributed by atoms with Crippen LogP contribution in [0, 0.1) is 23.2 Å². The van der Waals surface area contributed by atoms with E-state index in [1.165, 1.54) is 5.57 Å². The average molecular weight is 276 g/mol. The van der Waals surface area contributed by atoms with Gasteiger partial charge in [0.25, 0.3) is 0 Å². The largest absolute Gasteiger partial charge is 0.478 e. The Hall–Kier alpha value is -1.62. The second-order valence-corrected chi connectivity index (χ2v) is 6.33. The molecule has 4 rings (SSSR count). The minimum atomic E-state index is -0.958. The fraction of sp³-hybridized carbons (Fsp3) is 0.600. The molecule has 2 fully saturated rings. The number of ether oxygens (including phenoxy) is 2. The Kier molecular flexibility index (Phi) is 2.03. The second-order valence-electron chi connectivity index (χ2n) is 6.33. The van der Waals surface area contributed by atoms with Gasteiger partial charge in [0.1, 0.15) is 0 Å². The number of hydrogen-bond donors (Lipinski definition) is 1. The van der Waals surface area contributed by atoms with Crippen LogP contribution >= 0.6 is 0 Å². The molecule has 0 radical (unpaired) electrons. The van der Waals surface area contributed by atoms with E-state index in [0.717, 1.165) is 0 Å². The number of aliphatic carboxylic acids is 1. The van der Waals surface area contributed by atoms with E-state index in [-0.39, 0.29) is 30.3 Å². The van der Waals surface area contributed by atoms with Crippen molar-refractivity contribution in [2.24, 2.45) is 23.2 Å². The maximum absolute atomic E-state index is 12.2. The molecule has 1 N–H and O–H groups in total. The summed E-state index contributed by atoms with van der Waals surface area (Å²) in [5.74, 6) is -1.33. The lowest BCUT2D eigenvalue weighted by molar-refractivity contribution is -0.170. The Balaban J connectivity index is 1.92. The molecule has 0 aromatic heterocycles. The van der Waals surface area contributed by atoms with Crippen molar-refractivity contribution < 1.29 is 24.2 Å². The molecule has 20 heavy (non-hydrogen) atoms. The summed E-state index contributed by atoms with van der Waals surface area (Å²) in [6.07, 6.45) is 3.92. The maximum atomic E-state index is 12.2. The van der Waals surface area contributed by atoms with Gasteiger partial charge >= 0.3 is 11.9 Å². The summed E-state index contributed by atoms with van der Waals surface area (Å²) < 4.78 is 10.8. The van der Waals surface area contributed by atoms with E-state index in [1.54, 1.807) is 0 Å². The van der Waals surface area contributed by atoms with E-state index >= 15 is 0 Å². The van der Waals surface area contributed by atoms with Crippen LogP contribution in [-0.4, -0.2) is 35.9 Å². The summed E-state index contributed by atoms with van der Waals surface area (Å²) >= 11 is 0. The van der Waals surface area contributed by atoms with Crippen LogP contribution in [0.2, 0.25) is 0 Å². The molecule has 2 saturated heterocycles. The molecule has 0 bridgehead atoms. The Bertz CT molecular complexity index is 597. The van der Waals surface area contributed by atoms with Crippen molar-refractivity contribution in [3.8, 4) is 0 Å². The Labute approximate surface area is 116 Å². The first kappa shape index (κ1) is 12.1. The van der Waals surface area contributed by atoms with Crippen molar-refractivity contribution in [2.45, 2.75) is 19.4 Å². The van der Waals surface area contributed by atoms with Crippen LogP contribution in [0.15, 0.2) is 23.3 Å². The van der Waals surface area contributed by atoms with Gasteiger partial charge in [0.15, 0.2) is 5.60 Å². The fourth-order valence-corrected chi connectivity index (χ4v) is 4.49. The minimum absolute atomic E-state index is 0.00829. The van der Waals surface area contributed by atoms with Gasteiger partial charge in [-0.2, -0.15) is 0 Å². The Morgan fingerprint density at radius 1 is 1.50 bits per heavy atom. The number of carbonyl (C=O) groups excluding carboxylic acids is 1. The molecular weight excluding hydrogens is 260 g/mol. The van der Waals surface area contributed by atoms with Crippen molar-refractivity contribution >= 4 is 11.9 Å². The van der Waals surface area contributed by atoms with Crippen LogP contribution in [0.1, 0.15) is 13.8 Å². The molecule has 2 heterocycles. The monoisotopic (exact) mass is 276 g/mol. The molecule has 5 atom stereocenters. The van der Waals surface area contributed by atoms with Gasteiger partial charge in [-0.1, -0.05) is 24.6 Å². The van der Waals surface area contributed by atoms with Crippen molar-refractivity contribution in [1.82, 2.24) is 0 Å². The number of esters is 1. The number of allylic oxidation sites excluding steroid dienone is 2. The highest BCUT2D eigenvalue weighted by Gasteiger charge is 2.78. The lowest BCUT2D eigenvalue weighted by atomic mass is 9.61. The molecule has 0 amide bonds. The normalized spacial score (nSPS) is 48.3. The number of carboxylic acid groups (broad SMARTS) is 1. The number of rotatable bonds is 1. The molecule has 4 aliphatic rings. The smallest absolute Gasteiger partial charge is 0.341 e. The lowest BCUT2D eigenvalue weighted by Crippen LogP contribution is -2.56. The van der Waals surface area contributed by atoms with Gasteiger partial charge in [0, 0.05) is 16.9 Å².